The first kappa shape index (κ1) is 16.7. The normalized spacial score (nSPS) is 11.8. The zero-order valence-electron chi connectivity index (χ0n) is 12.4. The number of benzene rings is 2. The van der Waals surface area contributed by atoms with E-state index in [9.17, 15) is 4.79 Å². The Hall–Kier alpha value is -1.71. The Labute approximate surface area is 140 Å². The standard InChI is InChI=1S/C17H17Cl2NO2/c1-3-16(22-15-6-4-5-11(2)7-15)17(21)20-14-9-12(18)8-13(19)10-14/h4-10,16H,3H2,1-2H3,(H,20,21). The molecule has 2 aromatic rings. The first-order valence-corrected chi connectivity index (χ1v) is 7.74. The second-order valence-corrected chi connectivity index (χ2v) is 5.85. The molecule has 0 radical (unpaired) electrons. The predicted molar refractivity (Wildman–Crippen MR) is 91.0 cm³/mol. The van der Waals surface area contributed by atoms with Gasteiger partial charge >= 0.3 is 0 Å². The molecule has 3 nitrogen and oxygen atoms in total. The number of aryl methyl sites for hydroxylation is 1. The summed E-state index contributed by atoms with van der Waals surface area (Å²) in [5.74, 6) is 0.438. The Balaban J connectivity index is 2.08. The van der Waals surface area contributed by atoms with Gasteiger partial charge in [-0.2, -0.15) is 0 Å². The Bertz CT molecular complexity index is 653. The summed E-state index contributed by atoms with van der Waals surface area (Å²) >= 11 is 11.9. The number of carbonyl (C=O) groups excluding carboxylic acids is 1. The molecule has 0 aliphatic carbocycles. The number of anilines is 1. The minimum atomic E-state index is -0.584. The highest BCUT2D eigenvalue weighted by molar-refractivity contribution is 6.35. The van der Waals surface area contributed by atoms with Crippen LogP contribution in [0.3, 0.4) is 0 Å². The second kappa shape index (κ2) is 7.52. The molecule has 22 heavy (non-hydrogen) atoms. The molecule has 0 fully saturated rings. The molecular weight excluding hydrogens is 321 g/mol. The van der Waals surface area contributed by atoms with Gasteiger partial charge in [-0.1, -0.05) is 42.3 Å². The molecule has 0 bridgehead atoms. The van der Waals surface area contributed by atoms with Gasteiger partial charge in [0.05, 0.1) is 0 Å². The van der Waals surface area contributed by atoms with Crippen molar-refractivity contribution < 1.29 is 9.53 Å². The minimum absolute atomic E-state index is 0.234. The molecule has 2 aromatic carbocycles. The topological polar surface area (TPSA) is 38.3 Å². The lowest BCUT2D eigenvalue weighted by Crippen LogP contribution is -2.32. The molecule has 116 valence electrons. The van der Waals surface area contributed by atoms with E-state index in [4.69, 9.17) is 27.9 Å². The molecule has 0 spiro atoms. The molecule has 0 saturated carbocycles. The van der Waals surface area contributed by atoms with Crippen molar-refractivity contribution in [3.8, 4) is 5.75 Å². The maximum atomic E-state index is 12.3. The number of halogens is 2. The van der Waals surface area contributed by atoms with Crippen LogP contribution < -0.4 is 10.1 Å². The molecule has 1 amide bonds. The van der Waals surface area contributed by atoms with Gasteiger partial charge in [-0.25, -0.2) is 0 Å². The predicted octanol–water partition coefficient (Wildman–Crippen LogP) is 5.10. The van der Waals surface area contributed by atoms with E-state index in [2.05, 4.69) is 5.32 Å². The van der Waals surface area contributed by atoms with Gasteiger partial charge in [0.2, 0.25) is 0 Å². The number of rotatable bonds is 5. The van der Waals surface area contributed by atoms with E-state index in [0.29, 0.717) is 27.9 Å². The van der Waals surface area contributed by atoms with E-state index in [-0.39, 0.29) is 5.91 Å². The first-order chi connectivity index (χ1) is 10.5. The van der Waals surface area contributed by atoms with Gasteiger partial charge in [-0.15, -0.1) is 0 Å². The van der Waals surface area contributed by atoms with Crippen LogP contribution in [0.5, 0.6) is 5.75 Å². The van der Waals surface area contributed by atoms with E-state index in [1.54, 1.807) is 18.2 Å². The van der Waals surface area contributed by atoms with Gasteiger partial charge in [0, 0.05) is 15.7 Å². The monoisotopic (exact) mass is 337 g/mol. The molecule has 0 aliphatic rings. The maximum absolute atomic E-state index is 12.3. The van der Waals surface area contributed by atoms with Crippen LogP contribution in [-0.2, 0) is 4.79 Å². The van der Waals surface area contributed by atoms with Crippen LogP contribution in [0.25, 0.3) is 0 Å². The summed E-state index contributed by atoms with van der Waals surface area (Å²) in [6, 6.07) is 12.5. The molecule has 0 aromatic heterocycles. The van der Waals surface area contributed by atoms with Gasteiger partial charge in [-0.05, 0) is 49.2 Å². The SMILES string of the molecule is CCC(Oc1cccc(C)c1)C(=O)Nc1cc(Cl)cc(Cl)c1. The van der Waals surface area contributed by atoms with Crippen molar-refractivity contribution >= 4 is 34.8 Å². The summed E-state index contributed by atoms with van der Waals surface area (Å²) in [6.45, 7) is 3.87. The van der Waals surface area contributed by atoms with Crippen LogP contribution in [0, 0.1) is 6.92 Å². The average molecular weight is 338 g/mol. The number of hydrogen-bond acceptors (Lipinski definition) is 2. The Morgan fingerprint density at radius 1 is 1.18 bits per heavy atom. The lowest BCUT2D eigenvalue weighted by Gasteiger charge is -2.17. The molecule has 1 N–H and O–H groups in total. The number of hydrogen-bond donors (Lipinski definition) is 1. The highest BCUT2D eigenvalue weighted by Gasteiger charge is 2.19. The van der Waals surface area contributed by atoms with Gasteiger partial charge < -0.3 is 10.1 Å². The third kappa shape index (κ3) is 4.65. The van der Waals surface area contributed by atoms with Crippen LogP contribution in [-0.4, -0.2) is 12.0 Å². The Morgan fingerprint density at radius 2 is 1.86 bits per heavy atom. The maximum Gasteiger partial charge on any atom is 0.265 e. The summed E-state index contributed by atoms with van der Waals surface area (Å²) in [4.78, 5) is 12.3. The van der Waals surface area contributed by atoms with E-state index in [1.165, 1.54) is 0 Å². The lowest BCUT2D eigenvalue weighted by molar-refractivity contribution is -0.122. The Kier molecular flexibility index (Phi) is 5.69. The molecule has 0 heterocycles. The van der Waals surface area contributed by atoms with Crippen LogP contribution >= 0.6 is 23.2 Å². The zero-order valence-corrected chi connectivity index (χ0v) is 13.9. The smallest absolute Gasteiger partial charge is 0.265 e. The molecule has 2 rings (SSSR count). The third-order valence-electron chi connectivity index (χ3n) is 3.06. The van der Waals surface area contributed by atoms with Crippen molar-refractivity contribution in [1.29, 1.82) is 0 Å². The highest BCUT2D eigenvalue weighted by atomic mass is 35.5. The fourth-order valence-electron chi connectivity index (χ4n) is 2.02. The van der Waals surface area contributed by atoms with Gasteiger partial charge in [0.1, 0.15) is 5.75 Å². The number of amides is 1. The van der Waals surface area contributed by atoms with Crippen LogP contribution in [0.4, 0.5) is 5.69 Å². The first-order valence-electron chi connectivity index (χ1n) is 6.98. The van der Waals surface area contributed by atoms with Gasteiger partial charge in [0.15, 0.2) is 6.10 Å². The summed E-state index contributed by atoms with van der Waals surface area (Å²) in [7, 11) is 0. The van der Waals surface area contributed by atoms with Crippen LogP contribution in [0.1, 0.15) is 18.9 Å². The van der Waals surface area contributed by atoms with Crippen molar-refractivity contribution in [3.63, 3.8) is 0 Å². The van der Waals surface area contributed by atoms with Crippen LogP contribution in [0.2, 0.25) is 10.0 Å². The number of carbonyl (C=O) groups is 1. The summed E-state index contributed by atoms with van der Waals surface area (Å²) < 4.78 is 5.76. The van der Waals surface area contributed by atoms with E-state index < -0.39 is 6.10 Å². The lowest BCUT2D eigenvalue weighted by atomic mass is 10.2. The van der Waals surface area contributed by atoms with E-state index in [1.807, 2.05) is 38.1 Å². The molecule has 5 heteroatoms. The van der Waals surface area contributed by atoms with Gasteiger partial charge in [0.25, 0.3) is 5.91 Å². The van der Waals surface area contributed by atoms with Crippen molar-refractivity contribution in [2.45, 2.75) is 26.4 Å². The largest absolute Gasteiger partial charge is 0.481 e. The molecule has 1 unspecified atom stereocenters. The van der Waals surface area contributed by atoms with Crippen molar-refractivity contribution in [1.82, 2.24) is 0 Å². The third-order valence-corrected chi connectivity index (χ3v) is 3.50. The molecule has 0 aliphatic heterocycles. The molecule has 1 atom stereocenters. The van der Waals surface area contributed by atoms with E-state index >= 15 is 0 Å². The van der Waals surface area contributed by atoms with E-state index in [0.717, 1.165) is 5.56 Å². The minimum Gasteiger partial charge on any atom is -0.481 e. The second-order valence-electron chi connectivity index (χ2n) is 4.98. The summed E-state index contributed by atoms with van der Waals surface area (Å²) in [5, 5.41) is 3.71. The summed E-state index contributed by atoms with van der Waals surface area (Å²) in [6.07, 6.45) is -0.0341. The highest BCUT2D eigenvalue weighted by Crippen LogP contribution is 2.23. The fraction of sp³-hybridized carbons (Fsp3) is 0.235. The number of ether oxygens (including phenoxy) is 1. The quantitative estimate of drug-likeness (QED) is 0.824. The van der Waals surface area contributed by atoms with Crippen molar-refractivity contribution in [2.24, 2.45) is 0 Å². The average Bonchev–Trinajstić information content (AvgIpc) is 2.43. The summed E-state index contributed by atoms with van der Waals surface area (Å²) in [5.41, 5.74) is 1.63. The van der Waals surface area contributed by atoms with Crippen molar-refractivity contribution in [2.75, 3.05) is 5.32 Å². The zero-order chi connectivity index (χ0) is 16.1. The molecular formula is C17H17Cl2NO2. The fourth-order valence-corrected chi connectivity index (χ4v) is 2.55. The molecule has 0 saturated heterocycles. The van der Waals surface area contributed by atoms with Crippen LogP contribution in [0.15, 0.2) is 42.5 Å². The van der Waals surface area contributed by atoms with Gasteiger partial charge in [-0.3, -0.25) is 4.79 Å². The Morgan fingerprint density at radius 3 is 2.45 bits per heavy atom. The van der Waals surface area contributed by atoms with Crippen molar-refractivity contribution in [3.05, 3.63) is 58.1 Å². The number of nitrogens with one attached hydrogen (secondary N) is 1.